The van der Waals surface area contributed by atoms with Crippen molar-refractivity contribution in [1.29, 1.82) is 0 Å². The molecule has 1 aromatic carbocycles. The van der Waals surface area contributed by atoms with E-state index in [0.29, 0.717) is 27.6 Å². The Hall–Kier alpha value is -2.86. The van der Waals surface area contributed by atoms with Crippen LogP contribution in [-0.4, -0.2) is 27.5 Å². The van der Waals surface area contributed by atoms with Crippen LogP contribution >= 0.6 is 11.6 Å². The summed E-state index contributed by atoms with van der Waals surface area (Å²) in [6, 6.07) is 7.98. The highest BCUT2D eigenvalue weighted by molar-refractivity contribution is 6.30. The van der Waals surface area contributed by atoms with Crippen LogP contribution in [0.25, 0.3) is 28.0 Å². The average molecular weight is 437 g/mol. The number of anilines is 1. The fourth-order valence-corrected chi connectivity index (χ4v) is 4.56. The van der Waals surface area contributed by atoms with Gasteiger partial charge < -0.3 is 9.32 Å². The highest BCUT2D eigenvalue weighted by Gasteiger charge is 2.15. The van der Waals surface area contributed by atoms with Gasteiger partial charge in [0.1, 0.15) is 5.58 Å². The van der Waals surface area contributed by atoms with Gasteiger partial charge in [0.2, 0.25) is 5.78 Å². The Labute approximate surface area is 185 Å². The van der Waals surface area contributed by atoms with Gasteiger partial charge in [0, 0.05) is 42.6 Å². The van der Waals surface area contributed by atoms with E-state index in [4.69, 9.17) is 16.0 Å². The number of hydrogen-bond donors (Lipinski definition) is 0. The molecule has 6 nitrogen and oxygen atoms in total. The lowest BCUT2D eigenvalue weighted by molar-refractivity contribution is 0.471. The lowest BCUT2D eigenvalue weighted by atomic mass is 10.00. The number of rotatable bonds is 2. The van der Waals surface area contributed by atoms with Crippen molar-refractivity contribution in [2.45, 2.75) is 39.0 Å². The lowest BCUT2D eigenvalue weighted by Crippen LogP contribution is -2.25. The average Bonchev–Trinajstić information content (AvgIpc) is 3.20. The van der Waals surface area contributed by atoms with Gasteiger partial charge in [-0.15, -0.1) is 0 Å². The topological polar surface area (TPSA) is 63.6 Å². The highest BCUT2D eigenvalue weighted by atomic mass is 35.5. The van der Waals surface area contributed by atoms with E-state index in [-0.39, 0.29) is 0 Å². The van der Waals surface area contributed by atoms with Crippen LogP contribution < -0.4 is 10.5 Å². The first-order valence-electron chi connectivity index (χ1n) is 10.9. The Morgan fingerprint density at radius 3 is 2.84 bits per heavy atom. The van der Waals surface area contributed by atoms with Crippen molar-refractivity contribution in [3.63, 3.8) is 0 Å². The Bertz CT molecular complexity index is 1300. The van der Waals surface area contributed by atoms with Gasteiger partial charge in [-0.3, -0.25) is 4.40 Å². The summed E-state index contributed by atoms with van der Waals surface area (Å²) >= 11 is 6.00. The smallest absolute Gasteiger partial charge is 0.345 e. The van der Waals surface area contributed by atoms with Gasteiger partial charge in [-0.25, -0.2) is 14.8 Å². The van der Waals surface area contributed by atoms with Crippen LogP contribution in [0.5, 0.6) is 0 Å². The van der Waals surface area contributed by atoms with Crippen LogP contribution in [0.1, 0.15) is 39.0 Å². The van der Waals surface area contributed by atoms with Crippen LogP contribution in [0.4, 0.5) is 5.69 Å². The van der Waals surface area contributed by atoms with Crippen LogP contribution in [-0.2, 0) is 0 Å². The van der Waals surface area contributed by atoms with Gasteiger partial charge >= 0.3 is 5.63 Å². The number of fused-ring (bicyclic) bond motifs is 2. The second-order valence-electron chi connectivity index (χ2n) is 8.51. The number of imidazole rings is 1. The van der Waals surface area contributed by atoms with E-state index >= 15 is 0 Å². The van der Waals surface area contributed by atoms with E-state index in [1.165, 1.54) is 38.3 Å². The van der Waals surface area contributed by atoms with Crippen molar-refractivity contribution < 1.29 is 4.42 Å². The van der Waals surface area contributed by atoms with Crippen molar-refractivity contribution in [1.82, 2.24) is 14.4 Å². The Kier molecular flexibility index (Phi) is 5.40. The predicted octanol–water partition coefficient (Wildman–Crippen LogP) is 5.56. The van der Waals surface area contributed by atoms with E-state index in [2.05, 4.69) is 27.9 Å². The van der Waals surface area contributed by atoms with Gasteiger partial charge in [-0.05, 0) is 43.4 Å². The minimum atomic E-state index is -0.405. The van der Waals surface area contributed by atoms with Crippen LogP contribution in [0, 0.1) is 5.92 Å². The molecule has 1 aliphatic rings. The quantitative estimate of drug-likeness (QED) is 0.385. The van der Waals surface area contributed by atoms with Crippen LogP contribution in [0.15, 0.2) is 52.1 Å². The fraction of sp³-hybridized carbons (Fsp3) is 0.375. The number of hydrogen-bond acceptors (Lipinski definition) is 5. The third kappa shape index (κ3) is 4.17. The largest absolute Gasteiger partial charge is 0.422 e. The summed E-state index contributed by atoms with van der Waals surface area (Å²) in [5, 5.41) is 1.38. The zero-order chi connectivity index (χ0) is 21.4. The molecule has 0 spiro atoms. The number of aromatic nitrogens is 3. The van der Waals surface area contributed by atoms with Crippen molar-refractivity contribution in [2.75, 3.05) is 18.0 Å². The molecule has 0 saturated carbocycles. The molecule has 1 saturated heterocycles. The molecule has 1 aliphatic heterocycles. The monoisotopic (exact) mass is 436 g/mol. The third-order valence-electron chi connectivity index (χ3n) is 6.14. The molecule has 4 aromatic rings. The summed E-state index contributed by atoms with van der Waals surface area (Å²) in [6.07, 6.45) is 11.2. The Morgan fingerprint density at radius 1 is 1.10 bits per heavy atom. The SMILES string of the molecule is CC1CCCCN(c2ccc3cc(-c4cn5cc(Cl)cnc5n4)c(=O)oc3c2)CCC1. The predicted molar refractivity (Wildman–Crippen MR) is 124 cm³/mol. The van der Waals surface area contributed by atoms with Crippen molar-refractivity contribution in [2.24, 2.45) is 5.92 Å². The molecule has 1 fully saturated rings. The van der Waals surface area contributed by atoms with E-state index in [1.807, 2.05) is 18.2 Å². The molecule has 0 aliphatic carbocycles. The number of benzene rings is 1. The van der Waals surface area contributed by atoms with Gasteiger partial charge in [0.15, 0.2) is 0 Å². The molecule has 0 bridgehead atoms. The molecule has 0 amide bonds. The van der Waals surface area contributed by atoms with E-state index in [0.717, 1.165) is 30.1 Å². The van der Waals surface area contributed by atoms with Crippen molar-refractivity contribution >= 4 is 34.0 Å². The van der Waals surface area contributed by atoms with Crippen molar-refractivity contribution in [3.8, 4) is 11.3 Å². The summed E-state index contributed by atoms with van der Waals surface area (Å²) in [5.41, 5.74) is 2.24. The van der Waals surface area contributed by atoms with Gasteiger partial charge in [-0.2, -0.15) is 0 Å². The highest BCUT2D eigenvalue weighted by Crippen LogP contribution is 2.27. The molecule has 0 radical (unpaired) electrons. The maximum absolute atomic E-state index is 12.8. The van der Waals surface area contributed by atoms with Gasteiger partial charge in [0.05, 0.1) is 22.5 Å². The first-order chi connectivity index (χ1) is 15.1. The molecule has 0 N–H and O–H groups in total. The second kappa shape index (κ2) is 8.35. The molecular formula is C24H25ClN4O2. The maximum atomic E-state index is 12.8. The minimum Gasteiger partial charge on any atom is -0.422 e. The number of halogens is 1. The molecule has 160 valence electrons. The lowest BCUT2D eigenvalue weighted by Gasteiger charge is -2.24. The van der Waals surface area contributed by atoms with E-state index in [9.17, 15) is 4.79 Å². The van der Waals surface area contributed by atoms with Gasteiger partial charge in [0.25, 0.3) is 0 Å². The summed E-state index contributed by atoms with van der Waals surface area (Å²) in [4.78, 5) is 23.8. The van der Waals surface area contributed by atoms with Crippen LogP contribution in [0.2, 0.25) is 5.02 Å². The molecule has 31 heavy (non-hydrogen) atoms. The van der Waals surface area contributed by atoms with E-state index < -0.39 is 5.63 Å². The molecule has 7 heteroatoms. The van der Waals surface area contributed by atoms with Crippen molar-refractivity contribution in [3.05, 3.63) is 58.3 Å². The molecule has 1 unspecified atom stereocenters. The third-order valence-corrected chi connectivity index (χ3v) is 6.33. The normalized spacial score (nSPS) is 18.1. The summed E-state index contributed by atoms with van der Waals surface area (Å²) in [7, 11) is 0. The van der Waals surface area contributed by atoms with E-state index in [1.54, 1.807) is 16.8 Å². The summed E-state index contributed by atoms with van der Waals surface area (Å²) < 4.78 is 7.42. The first kappa shape index (κ1) is 20.1. The molecule has 3 aromatic heterocycles. The fourth-order valence-electron chi connectivity index (χ4n) is 4.41. The molecule has 5 rings (SSSR count). The number of nitrogens with zero attached hydrogens (tertiary/aromatic N) is 4. The minimum absolute atomic E-state index is 0.405. The second-order valence-corrected chi connectivity index (χ2v) is 8.94. The molecular weight excluding hydrogens is 412 g/mol. The molecule has 1 atom stereocenters. The standard InChI is InChI=1S/C24H25ClN4O2/c1-16-5-2-3-9-28(10-4-6-16)19-8-7-17-11-20(23(30)31-22(17)12-19)21-15-29-14-18(25)13-26-24(29)27-21/h7-8,11-16H,2-6,9-10H2,1H3. The summed E-state index contributed by atoms with van der Waals surface area (Å²) in [6.45, 7) is 4.43. The Morgan fingerprint density at radius 2 is 1.94 bits per heavy atom. The zero-order valence-corrected chi connectivity index (χ0v) is 18.3. The zero-order valence-electron chi connectivity index (χ0n) is 17.6. The van der Waals surface area contributed by atoms with Crippen LogP contribution in [0.3, 0.4) is 0 Å². The van der Waals surface area contributed by atoms with Gasteiger partial charge in [-0.1, -0.05) is 31.4 Å². The maximum Gasteiger partial charge on any atom is 0.345 e. The molecule has 4 heterocycles. The first-order valence-corrected chi connectivity index (χ1v) is 11.3. The Balaban J connectivity index is 1.48. The summed E-state index contributed by atoms with van der Waals surface area (Å²) in [5.74, 6) is 1.29.